The minimum atomic E-state index is -4.81. The molecule has 6 nitrogen and oxygen atoms in total. The summed E-state index contributed by atoms with van der Waals surface area (Å²) in [4.78, 5) is 23.7. The van der Waals surface area contributed by atoms with E-state index in [1.807, 2.05) is 0 Å². The van der Waals surface area contributed by atoms with Crippen LogP contribution < -0.4 is 9.47 Å². The van der Waals surface area contributed by atoms with Gasteiger partial charge in [-0.25, -0.2) is 4.79 Å². The molecule has 2 aromatic rings. The van der Waals surface area contributed by atoms with Crippen LogP contribution in [0.1, 0.15) is 29.3 Å². The Labute approximate surface area is 163 Å². The Morgan fingerprint density at radius 1 is 0.966 bits per heavy atom. The highest BCUT2D eigenvalue weighted by Gasteiger charge is 2.31. The molecular weight excluding hydrogens is 393 g/mol. The number of halogens is 3. The Balaban J connectivity index is 1.99. The van der Waals surface area contributed by atoms with E-state index in [0.29, 0.717) is 5.56 Å². The van der Waals surface area contributed by atoms with Crippen LogP contribution in [-0.4, -0.2) is 34.1 Å². The molecule has 0 aliphatic rings. The number of esters is 1. The summed E-state index contributed by atoms with van der Waals surface area (Å²) in [5, 5.41) is 18.9. The van der Waals surface area contributed by atoms with Crippen LogP contribution in [0.4, 0.5) is 13.2 Å². The van der Waals surface area contributed by atoms with E-state index in [-0.39, 0.29) is 17.7 Å². The molecule has 9 heteroatoms. The Kier molecular flexibility index (Phi) is 6.78. The highest BCUT2D eigenvalue weighted by atomic mass is 19.4. The van der Waals surface area contributed by atoms with Gasteiger partial charge >= 0.3 is 12.3 Å². The van der Waals surface area contributed by atoms with Crippen LogP contribution in [0, 0.1) is 0 Å². The second-order valence-electron chi connectivity index (χ2n) is 5.90. The third kappa shape index (κ3) is 6.74. The fourth-order valence-corrected chi connectivity index (χ4v) is 2.09. The molecule has 2 N–H and O–H groups in total. The van der Waals surface area contributed by atoms with Crippen molar-refractivity contribution in [1.29, 1.82) is 0 Å². The molecule has 0 aliphatic heterocycles. The average Bonchev–Trinajstić information content (AvgIpc) is 2.66. The predicted molar refractivity (Wildman–Crippen MR) is 96.0 cm³/mol. The Bertz CT molecular complexity index is 884. The minimum absolute atomic E-state index is 0.0286. The molecule has 0 aliphatic carbocycles. The molecule has 0 unspecified atom stereocenters. The molecule has 0 heterocycles. The SMILES string of the molecule is CCC(O)(O)C(=O)/C=C/c1ccc(C(=O)Oc2ccc(OC(F)(F)F)cc2)cc1. The van der Waals surface area contributed by atoms with E-state index in [1.54, 1.807) is 0 Å². The van der Waals surface area contributed by atoms with Crippen molar-refractivity contribution in [3.63, 3.8) is 0 Å². The van der Waals surface area contributed by atoms with Crippen LogP contribution in [0.5, 0.6) is 11.5 Å². The number of benzene rings is 2. The van der Waals surface area contributed by atoms with Crippen molar-refractivity contribution in [3.8, 4) is 11.5 Å². The van der Waals surface area contributed by atoms with Crippen molar-refractivity contribution in [2.75, 3.05) is 0 Å². The van der Waals surface area contributed by atoms with Gasteiger partial charge in [0.2, 0.25) is 11.6 Å². The average molecular weight is 410 g/mol. The molecule has 0 aromatic heterocycles. The van der Waals surface area contributed by atoms with Crippen LogP contribution in [0.2, 0.25) is 0 Å². The zero-order valence-electron chi connectivity index (χ0n) is 15.1. The summed E-state index contributed by atoms with van der Waals surface area (Å²) in [5.74, 6) is -4.46. The number of hydrogen-bond donors (Lipinski definition) is 2. The second kappa shape index (κ2) is 8.89. The number of ether oxygens (including phenoxy) is 2. The first-order chi connectivity index (χ1) is 13.5. The third-order valence-electron chi connectivity index (χ3n) is 3.73. The van der Waals surface area contributed by atoms with Crippen molar-refractivity contribution in [2.45, 2.75) is 25.5 Å². The summed E-state index contributed by atoms with van der Waals surface area (Å²) in [6.45, 7) is 1.45. The quantitative estimate of drug-likeness (QED) is 0.314. The van der Waals surface area contributed by atoms with Crippen molar-refractivity contribution in [1.82, 2.24) is 0 Å². The van der Waals surface area contributed by atoms with Crippen LogP contribution in [0.15, 0.2) is 54.6 Å². The highest BCUT2D eigenvalue weighted by Crippen LogP contribution is 2.25. The van der Waals surface area contributed by atoms with Gasteiger partial charge in [-0.2, -0.15) is 0 Å². The first-order valence-corrected chi connectivity index (χ1v) is 8.35. The van der Waals surface area contributed by atoms with Crippen molar-refractivity contribution in [2.24, 2.45) is 0 Å². The number of aliphatic hydroxyl groups is 2. The molecular formula is C20H17F3O6. The van der Waals surface area contributed by atoms with Crippen LogP contribution in [0.3, 0.4) is 0 Å². The third-order valence-corrected chi connectivity index (χ3v) is 3.73. The molecule has 0 atom stereocenters. The number of carbonyl (C=O) groups excluding carboxylic acids is 2. The van der Waals surface area contributed by atoms with Gasteiger partial charge in [0.15, 0.2) is 0 Å². The van der Waals surface area contributed by atoms with Gasteiger partial charge in [-0.15, -0.1) is 13.2 Å². The van der Waals surface area contributed by atoms with E-state index in [1.165, 1.54) is 37.3 Å². The Hall–Kier alpha value is -3.17. The lowest BCUT2D eigenvalue weighted by molar-refractivity contribution is -0.274. The molecule has 0 amide bonds. The van der Waals surface area contributed by atoms with E-state index >= 15 is 0 Å². The maximum Gasteiger partial charge on any atom is 0.573 e. The molecule has 0 bridgehead atoms. The maximum absolute atomic E-state index is 12.1. The van der Waals surface area contributed by atoms with Crippen LogP contribution in [-0.2, 0) is 4.79 Å². The summed E-state index contributed by atoms with van der Waals surface area (Å²) in [6, 6.07) is 10.2. The first kappa shape index (κ1) is 22.1. The zero-order valence-corrected chi connectivity index (χ0v) is 15.1. The predicted octanol–water partition coefficient (Wildman–Crippen LogP) is 3.48. The van der Waals surface area contributed by atoms with Gasteiger partial charge in [-0.1, -0.05) is 25.1 Å². The molecule has 2 rings (SSSR count). The van der Waals surface area contributed by atoms with Crippen LogP contribution in [0.25, 0.3) is 6.08 Å². The van der Waals surface area contributed by atoms with Gasteiger partial charge in [0.1, 0.15) is 11.5 Å². The van der Waals surface area contributed by atoms with Crippen LogP contribution >= 0.6 is 0 Å². The smallest absolute Gasteiger partial charge is 0.423 e. The van der Waals surface area contributed by atoms with Crippen molar-refractivity contribution < 1.29 is 42.4 Å². The molecule has 0 saturated heterocycles. The molecule has 0 fully saturated rings. The zero-order chi connectivity index (χ0) is 21.7. The minimum Gasteiger partial charge on any atom is -0.423 e. The summed E-state index contributed by atoms with van der Waals surface area (Å²) in [7, 11) is 0. The largest absolute Gasteiger partial charge is 0.573 e. The van der Waals surface area contributed by atoms with Gasteiger partial charge in [-0.05, 0) is 48.0 Å². The fraction of sp³-hybridized carbons (Fsp3) is 0.200. The lowest BCUT2D eigenvalue weighted by Gasteiger charge is -2.15. The fourth-order valence-electron chi connectivity index (χ4n) is 2.09. The van der Waals surface area contributed by atoms with Crippen molar-refractivity contribution >= 4 is 17.8 Å². The summed E-state index contributed by atoms with van der Waals surface area (Å²) in [6.07, 6.45) is -2.61. The lowest BCUT2D eigenvalue weighted by Crippen LogP contribution is -2.36. The van der Waals surface area contributed by atoms with E-state index in [2.05, 4.69) is 4.74 Å². The number of hydrogen-bond acceptors (Lipinski definition) is 6. The number of alkyl halides is 3. The molecule has 2 aromatic carbocycles. The Morgan fingerprint density at radius 3 is 2.03 bits per heavy atom. The summed E-state index contributed by atoms with van der Waals surface area (Å²) < 4.78 is 45.2. The standard InChI is InChI=1S/C20H17F3O6/c1-2-19(26,27)17(24)12-5-13-3-6-14(7-4-13)18(25)28-15-8-10-16(11-9-15)29-20(21,22)23/h3-12,26-27H,2H2,1H3/b12-5+. The summed E-state index contributed by atoms with van der Waals surface area (Å²) >= 11 is 0. The van der Waals surface area contributed by atoms with E-state index in [0.717, 1.165) is 30.3 Å². The molecule has 29 heavy (non-hydrogen) atoms. The van der Waals surface area contributed by atoms with Gasteiger partial charge in [-0.3, -0.25) is 4.79 Å². The Morgan fingerprint density at radius 2 is 1.52 bits per heavy atom. The number of ketones is 1. The molecule has 154 valence electrons. The number of carbonyl (C=O) groups is 2. The van der Waals surface area contributed by atoms with Gasteiger partial charge in [0.25, 0.3) is 0 Å². The topological polar surface area (TPSA) is 93.1 Å². The number of rotatable bonds is 7. The lowest BCUT2D eigenvalue weighted by atomic mass is 10.1. The monoisotopic (exact) mass is 410 g/mol. The maximum atomic E-state index is 12.1. The first-order valence-electron chi connectivity index (χ1n) is 8.35. The van der Waals surface area contributed by atoms with Gasteiger partial charge < -0.3 is 19.7 Å². The van der Waals surface area contributed by atoms with Gasteiger partial charge in [0, 0.05) is 6.42 Å². The molecule has 0 saturated carbocycles. The molecule has 0 spiro atoms. The van der Waals surface area contributed by atoms with E-state index in [4.69, 9.17) is 4.74 Å². The van der Waals surface area contributed by atoms with Gasteiger partial charge in [0.05, 0.1) is 5.56 Å². The second-order valence-corrected chi connectivity index (χ2v) is 5.90. The normalized spacial score (nSPS) is 12.1. The van der Waals surface area contributed by atoms with E-state index in [9.17, 15) is 33.0 Å². The summed E-state index contributed by atoms with van der Waals surface area (Å²) in [5.41, 5.74) is 0.687. The molecule has 0 radical (unpaired) electrons. The van der Waals surface area contributed by atoms with Crippen molar-refractivity contribution in [3.05, 3.63) is 65.7 Å². The van der Waals surface area contributed by atoms with E-state index < -0.39 is 29.7 Å². The highest BCUT2D eigenvalue weighted by molar-refractivity contribution is 5.98.